The Morgan fingerprint density at radius 2 is 1.68 bits per heavy atom. The number of nitrogens with one attached hydrogen (secondary N) is 2. The molecule has 1 aliphatic carbocycles. The zero-order valence-electron chi connectivity index (χ0n) is 18.7. The number of ether oxygens (including phenoxy) is 2. The van der Waals surface area contributed by atoms with Gasteiger partial charge in [-0.05, 0) is 66.4 Å². The zero-order valence-corrected chi connectivity index (χ0v) is 18.7. The molecule has 0 bridgehead atoms. The van der Waals surface area contributed by atoms with Crippen LogP contribution in [-0.4, -0.2) is 25.5 Å². The molecule has 4 rings (SSSR count). The monoisotopic (exact) mass is 466 g/mol. The van der Waals surface area contributed by atoms with Crippen molar-refractivity contribution in [2.45, 2.75) is 20.0 Å². The van der Waals surface area contributed by atoms with E-state index in [9.17, 15) is 18.4 Å². The third-order valence-electron chi connectivity index (χ3n) is 5.69. The Hall–Kier alpha value is -3.94. The fourth-order valence-corrected chi connectivity index (χ4v) is 3.67. The van der Waals surface area contributed by atoms with Gasteiger partial charge in [0.1, 0.15) is 11.5 Å². The number of carbonyl (C=O) groups is 2. The molecule has 2 unspecified atom stereocenters. The first-order valence-electron chi connectivity index (χ1n) is 10.8. The number of rotatable bonds is 8. The van der Waals surface area contributed by atoms with Crippen molar-refractivity contribution < 1.29 is 27.8 Å². The molecule has 1 saturated carbocycles. The number of alkyl halides is 2. The van der Waals surface area contributed by atoms with Gasteiger partial charge in [-0.15, -0.1) is 0 Å². The molecule has 176 valence electrons. The summed E-state index contributed by atoms with van der Waals surface area (Å²) >= 11 is 0. The van der Waals surface area contributed by atoms with Crippen LogP contribution in [0.5, 0.6) is 11.5 Å². The number of hydrogen-bond donors (Lipinski definition) is 2. The molecule has 6 nitrogen and oxygen atoms in total. The summed E-state index contributed by atoms with van der Waals surface area (Å²) in [6, 6.07) is 17.9. The maximum Gasteiger partial charge on any atom is 0.387 e. The summed E-state index contributed by atoms with van der Waals surface area (Å²) in [6.45, 7) is -0.972. The molecule has 0 aliphatic heterocycles. The van der Waals surface area contributed by atoms with Crippen molar-refractivity contribution in [2.24, 2.45) is 11.8 Å². The Balaban J connectivity index is 1.54. The van der Waals surface area contributed by atoms with Gasteiger partial charge in [0.05, 0.1) is 7.11 Å². The van der Waals surface area contributed by atoms with E-state index in [1.807, 2.05) is 6.92 Å². The van der Waals surface area contributed by atoms with E-state index in [2.05, 4.69) is 15.4 Å². The summed E-state index contributed by atoms with van der Waals surface area (Å²) in [4.78, 5) is 25.0. The van der Waals surface area contributed by atoms with Crippen molar-refractivity contribution in [1.82, 2.24) is 0 Å². The molecule has 0 aromatic heterocycles. The molecule has 2 amide bonds. The molecule has 34 heavy (non-hydrogen) atoms. The summed E-state index contributed by atoms with van der Waals surface area (Å²) in [6.07, 6.45) is 0.869. The van der Waals surface area contributed by atoms with Crippen LogP contribution in [0.4, 0.5) is 20.2 Å². The van der Waals surface area contributed by atoms with Crippen LogP contribution in [0.25, 0.3) is 11.1 Å². The lowest BCUT2D eigenvalue weighted by Crippen LogP contribution is -2.16. The Kier molecular flexibility index (Phi) is 6.77. The molecule has 3 aromatic carbocycles. The smallest absolute Gasteiger partial charge is 0.387 e. The maximum atomic E-state index is 12.9. The number of halogens is 2. The van der Waals surface area contributed by atoms with E-state index in [1.165, 1.54) is 19.2 Å². The van der Waals surface area contributed by atoms with Gasteiger partial charge in [0.25, 0.3) is 5.91 Å². The lowest BCUT2D eigenvalue weighted by atomic mass is 10.0. The Morgan fingerprint density at radius 1 is 0.971 bits per heavy atom. The summed E-state index contributed by atoms with van der Waals surface area (Å²) in [5.74, 6) is 0.541. The van der Waals surface area contributed by atoms with Crippen molar-refractivity contribution >= 4 is 23.2 Å². The molecule has 3 aromatic rings. The first-order chi connectivity index (χ1) is 16.3. The van der Waals surface area contributed by atoms with Gasteiger partial charge in [0.15, 0.2) is 0 Å². The summed E-state index contributed by atoms with van der Waals surface area (Å²) in [5, 5.41) is 5.62. The van der Waals surface area contributed by atoms with E-state index < -0.39 is 12.5 Å². The van der Waals surface area contributed by atoms with Crippen LogP contribution in [0, 0.1) is 11.8 Å². The van der Waals surface area contributed by atoms with E-state index >= 15 is 0 Å². The quantitative estimate of drug-likeness (QED) is 0.439. The second-order valence-electron chi connectivity index (χ2n) is 8.16. The number of methoxy groups -OCH3 is 1. The van der Waals surface area contributed by atoms with E-state index in [1.54, 1.807) is 54.6 Å². The topological polar surface area (TPSA) is 76.7 Å². The summed E-state index contributed by atoms with van der Waals surface area (Å²) < 4.78 is 35.7. The molecule has 2 atom stereocenters. The average molecular weight is 466 g/mol. The van der Waals surface area contributed by atoms with Crippen molar-refractivity contribution in [3.05, 3.63) is 72.3 Å². The number of amides is 2. The molecule has 1 fully saturated rings. The Bertz CT molecular complexity index is 1200. The van der Waals surface area contributed by atoms with Crippen LogP contribution >= 0.6 is 0 Å². The molecular weight excluding hydrogens is 442 g/mol. The SMILES string of the molecule is COc1ccc(-c2cc(NC(=O)c3cccc(NC(=O)C4CC4C)c3)ccc2OC(F)F)cc1. The van der Waals surface area contributed by atoms with Gasteiger partial charge in [-0.25, -0.2) is 0 Å². The Morgan fingerprint density at radius 3 is 2.32 bits per heavy atom. The van der Waals surface area contributed by atoms with Crippen molar-refractivity contribution in [3.8, 4) is 22.6 Å². The summed E-state index contributed by atoms with van der Waals surface area (Å²) in [5.41, 5.74) is 2.29. The first kappa shape index (κ1) is 23.2. The van der Waals surface area contributed by atoms with Gasteiger partial charge in [0.2, 0.25) is 5.91 Å². The van der Waals surface area contributed by atoms with Gasteiger partial charge < -0.3 is 20.1 Å². The van der Waals surface area contributed by atoms with Crippen molar-refractivity contribution in [3.63, 3.8) is 0 Å². The minimum atomic E-state index is -2.99. The highest BCUT2D eigenvalue weighted by atomic mass is 19.3. The van der Waals surface area contributed by atoms with Crippen LogP contribution in [0.2, 0.25) is 0 Å². The number of benzene rings is 3. The largest absolute Gasteiger partial charge is 0.497 e. The molecular formula is C26H24F2N2O4. The van der Waals surface area contributed by atoms with Crippen LogP contribution < -0.4 is 20.1 Å². The lowest BCUT2D eigenvalue weighted by molar-refractivity contribution is -0.117. The molecule has 0 spiro atoms. The van der Waals surface area contributed by atoms with Gasteiger partial charge >= 0.3 is 6.61 Å². The van der Waals surface area contributed by atoms with Crippen LogP contribution in [0.1, 0.15) is 23.7 Å². The highest BCUT2D eigenvalue weighted by Crippen LogP contribution is 2.38. The normalized spacial score (nSPS) is 16.6. The minimum absolute atomic E-state index is 0.0165. The predicted octanol–water partition coefficient (Wildman–Crippen LogP) is 5.81. The molecule has 0 heterocycles. The Labute approximate surface area is 195 Å². The van der Waals surface area contributed by atoms with E-state index in [-0.39, 0.29) is 17.6 Å². The van der Waals surface area contributed by atoms with Gasteiger partial charge in [-0.1, -0.05) is 25.1 Å². The first-order valence-corrected chi connectivity index (χ1v) is 10.8. The predicted molar refractivity (Wildman–Crippen MR) is 125 cm³/mol. The highest BCUT2D eigenvalue weighted by Gasteiger charge is 2.39. The van der Waals surface area contributed by atoms with Gasteiger partial charge in [-0.3, -0.25) is 9.59 Å². The van der Waals surface area contributed by atoms with E-state index in [0.717, 1.165) is 6.42 Å². The molecule has 0 saturated heterocycles. The average Bonchev–Trinajstić information content (AvgIpc) is 3.57. The fourth-order valence-electron chi connectivity index (χ4n) is 3.67. The van der Waals surface area contributed by atoms with E-state index in [4.69, 9.17) is 4.74 Å². The third-order valence-corrected chi connectivity index (χ3v) is 5.69. The van der Waals surface area contributed by atoms with Gasteiger partial charge in [0, 0.05) is 28.4 Å². The van der Waals surface area contributed by atoms with Crippen LogP contribution in [0.15, 0.2) is 66.7 Å². The molecule has 2 N–H and O–H groups in total. The second-order valence-corrected chi connectivity index (χ2v) is 8.16. The third kappa shape index (κ3) is 5.51. The van der Waals surface area contributed by atoms with Gasteiger partial charge in [-0.2, -0.15) is 8.78 Å². The zero-order chi connectivity index (χ0) is 24.2. The second kappa shape index (κ2) is 9.91. The molecule has 1 aliphatic rings. The minimum Gasteiger partial charge on any atom is -0.497 e. The molecule has 0 radical (unpaired) electrons. The molecule has 8 heteroatoms. The van der Waals surface area contributed by atoms with Crippen molar-refractivity contribution in [1.29, 1.82) is 0 Å². The number of carbonyl (C=O) groups excluding carboxylic acids is 2. The standard InChI is InChI=1S/C26H24F2N2O4/c1-15-12-21(15)25(32)30-18-5-3-4-17(13-18)24(31)29-19-8-11-23(34-26(27)28)22(14-19)16-6-9-20(33-2)10-7-16/h3-11,13-15,21,26H,12H2,1-2H3,(H,29,31)(H,30,32). The lowest BCUT2D eigenvalue weighted by Gasteiger charge is -2.14. The van der Waals surface area contributed by atoms with Crippen LogP contribution in [0.3, 0.4) is 0 Å². The highest BCUT2D eigenvalue weighted by molar-refractivity contribution is 6.06. The number of anilines is 2. The van der Waals surface area contributed by atoms with Crippen molar-refractivity contribution in [2.75, 3.05) is 17.7 Å². The maximum absolute atomic E-state index is 12.9. The van der Waals surface area contributed by atoms with Crippen LogP contribution in [-0.2, 0) is 4.79 Å². The fraction of sp³-hybridized carbons (Fsp3) is 0.231. The summed E-state index contributed by atoms with van der Waals surface area (Å²) in [7, 11) is 1.53. The van der Waals surface area contributed by atoms with E-state index in [0.29, 0.717) is 39.7 Å². The number of hydrogen-bond acceptors (Lipinski definition) is 4.